The number of fused-ring (bicyclic) bond motifs is 1. The van der Waals surface area contributed by atoms with E-state index < -0.39 is 0 Å². The van der Waals surface area contributed by atoms with Crippen LogP contribution in [0.1, 0.15) is 57.8 Å². The van der Waals surface area contributed by atoms with Crippen molar-refractivity contribution in [2.24, 2.45) is 11.3 Å². The van der Waals surface area contributed by atoms with Crippen LogP contribution in [0.15, 0.2) is 41.2 Å². The Hall–Kier alpha value is -1.04. The molecular weight excluding hydrogens is 266 g/mol. The Morgan fingerprint density at radius 3 is 2.59 bits per heavy atom. The third-order valence-electron chi connectivity index (χ3n) is 6.47. The van der Waals surface area contributed by atoms with Crippen LogP contribution in [0, 0.1) is 11.3 Å². The summed E-state index contributed by atoms with van der Waals surface area (Å²) in [7, 11) is 0. The molecule has 1 aliphatic heterocycles. The monoisotopic (exact) mass is 295 g/mol. The molecule has 1 heteroatoms. The highest BCUT2D eigenvalue weighted by Gasteiger charge is 2.38. The first-order chi connectivity index (χ1) is 10.8. The fourth-order valence-electron chi connectivity index (χ4n) is 4.96. The summed E-state index contributed by atoms with van der Waals surface area (Å²) in [5.74, 6) is 0.988. The van der Waals surface area contributed by atoms with Crippen molar-refractivity contribution < 1.29 is 0 Å². The average molecular weight is 295 g/mol. The molecule has 0 radical (unpaired) electrons. The third-order valence-corrected chi connectivity index (χ3v) is 6.47. The summed E-state index contributed by atoms with van der Waals surface area (Å²) in [5.41, 5.74) is 7.06. The van der Waals surface area contributed by atoms with Crippen molar-refractivity contribution in [3.8, 4) is 0 Å². The van der Waals surface area contributed by atoms with E-state index in [-0.39, 0.29) is 0 Å². The summed E-state index contributed by atoms with van der Waals surface area (Å²) >= 11 is 0. The largest absolute Gasteiger partial charge is 0.303 e. The Morgan fingerprint density at radius 1 is 1.00 bits per heavy atom. The highest BCUT2D eigenvalue weighted by atomic mass is 15.1. The molecule has 0 unspecified atom stereocenters. The van der Waals surface area contributed by atoms with E-state index in [4.69, 9.17) is 0 Å². The summed E-state index contributed by atoms with van der Waals surface area (Å²) < 4.78 is 0. The number of rotatable bonds is 2. The third kappa shape index (κ3) is 2.90. The van der Waals surface area contributed by atoms with Crippen molar-refractivity contribution in [1.29, 1.82) is 0 Å². The molecule has 0 aromatic carbocycles. The van der Waals surface area contributed by atoms with Gasteiger partial charge in [-0.25, -0.2) is 0 Å². The Kier molecular flexibility index (Phi) is 4.11. The zero-order valence-electron chi connectivity index (χ0n) is 13.8. The molecule has 22 heavy (non-hydrogen) atoms. The average Bonchev–Trinajstić information content (AvgIpc) is 2.78. The van der Waals surface area contributed by atoms with Crippen molar-refractivity contribution in [1.82, 2.24) is 4.90 Å². The van der Waals surface area contributed by atoms with E-state index in [9.17, 15) is 0 Å². The molecule has 0 aromatic rings. The molecule has 0 aromatic heterocycles. The summed E-state index contributed by atoms with van der Waals surface area (Å²) in [6, 6.07) is 0. The second kappa shape index (κ2) is 6.22. The highest BCUT2D eigenvalue weighted by molar-refractivity contribution is 5.40. The summed E-state index contributed by atoms with van der Waals surface area (Å²) in [6.07, 6.45) is 21.6. The minimum Gasteiger partial charge on any atom is -0.303 e. The zero-order valence-corrected chi connectivity index (χ0v) is 13.8. The van der Waals surface area contributed by atoms with Crippen molar-refractivity contribution in [2.45, 2.75) is 57.8 Å². The van der Waals surface area contributed by atoms with Crippen LogP contribution in [-0.4, -0.2) is 24.5 Å². The summed E-state index contributed by atoms with van der Waals surface area (Å²) in [5, 5.41) is 0. The van der Waals surface area contributed by atoms with E-state index in [2.05, 4.69) is 34.9 Å². The van der Waals surface area contributed by atoms with Crippen molar-refractivity contribution >= 4 is 0 Å². The Bertz CT molecular complexity index is 530. The maximum absolute atomic E-state index is 3.71. The van der Waals surface area contributed by atoms with Gasteiger partial charge in [-0.05, 0) is 63.1 Å². The van der Waals surface area contributed by atoms with E-state index in [1.165, 1.54) is 88.6 Å². The van der Waals surface area contributed by atoms with Crippen LogP contribution in [0.3, 0.4) is 0 Å². The van der Waals surface area contributed by atoms with Gasteiger partial charge in [0.25, 0.3) is 0 Å². The molecule has 1 heterocycles. The van der Waals surface area contributed by atoms with E-state index in [0.29, 0.717) is 5.41 Å². The Labute approximate surface area is 135 Å². The van der Waals surface area contributed by atoms with Crippen LogP contribution in [0.25, 0.3) is 0 Å². The lowest BCUT2D eigenvalue weighted by Gasteiger charge is -2.44. The molecule has 1 saturated carbocycles. The van der Waals surface area contributed by atoms with Crippen molar-refractivity contribution in [3.63, 3.8) is 0 Å². The van der Waals surface area contributed by atoms with E-state index >= 15 is 0 Å². The van der Waals surface area contributed by atoms with Gasteiger partial charge in [0.15, 0.2) is 0 Å². The van der Waals surface area contributed by atoms with Gasteiger partial charge in [0, 0.05) is 17.5 Å². The minimum atomic E-state index is 0.440. The number of allylic oxidation sites excluding steroid dienone is 5. The van der Waals surface area contributed by atoms with Crippen LogP contribution in [0.2, 0.25) is 0 Å². The fourth-order valence-corrected chi connectivity index (χ4v) is 4.96. The van der Waals surface area contributed by atoms with Gasteiger partial charge in [-0.3, -0.25) is 0 Å². The number of hydrogen-bond acceptors (Lipinski definition) is 1. The van der Waals surface area contributed by atoms with Crippen LogP contribution in [-0.2, 0) is 0 Å². The lowest BCUT2D eigenvalue weighted by atomic mass is 9.67. The molecule has 4 rings (SSSR count). The predicted molar refractivity (Wildman–Crippen MR) is 92.7 cm³/mol. The number of nitrogens with zero attached hydrogens (tertiary/aromatic N) is 1. The van der Waals surface area contributed by atoms with Gasteiger partial charge in [-0.2, -0.15) is 0 Å². The smallest absolute Gasteiger partial charge is 0.00540 e. The van der Waals surface area contributed by atoms with Gasteiger partial charge in [-0.1, -0.05) is 43.6 Å². The molecule has 4 aliphatic rings. The molecule has 1 saturated heterocycles. The molecule has 3 aliphatic carbocycles. The molecule has 118 valence electrons. The predicted octanol–water partition coefficient (Wildman–Crippen LogP) is 5.02. The van der Waals surface area contributed by atoms with Crippen LogP contribution in [0.5, 0.6) is 0 Å². The minimum absolute atomic E-state index is 0.440. The quantitative estimate of drug-likeness (QED) is 0.647. The van der Waals surface area contributed by atoms with Crippen molar-refractivity contribution in [2.75, 3.05) is 19.6 Å². The second-order valence-corrected chi connectivity index (χ2v) is 7.87. The van der Waals surface area contributed by atoms with E-state index in [0.717, 1.165) is 5.92 Å². The Morgan fingerprint density at radius 2 is 1.77 bits per heavy atom. The van der Waals surface area contributed by atoms with Crippen LogP contribution >= 0.6 is 0 Å². The van der Waals surface area contributed by atoms with E-state index in [1.807, 2.05) is 0 Å². The number of piperidine rings is 1. The van der Waals surface area contributed by atoms with Gasteiger partial charge in [-0.15, -0.1) is 5.73 Å². The number of hydrogen-bond donors (Lipinski definition) is 0. The van der Waals surface area contributed by atoms with E-state index in [1.54, 1.807) is 0 Å². The second-order valence-electron chi connectivity index (χ2n) is 7.87. The zero-order chi connectivity index (χ0) is 14.8. The van der Waals surface area contributed by atoms with Crippen LogP contribution in [0.4, 0.5) is 0 Å². The van der Waals surface area contributed by atoms with Gasteiger partial charge in [0.05, 0.1) is 0 Å². The maximum atomic E-state index is 3.71. The normalized spacial score (nSPS) is 28.4. The topological polar surface area (TPSA) is 3.24 Å². The Balaban J connectivity index is 1.40. The lowest BCUT2D eigenvalue weighted by molar-refractivity contribution is 0.103. The van der Waals surface area contributed by atoms with Gasteiger partial charge >= 0.3 is 0 Å². The summed E-state index contributed by atoms with van der Waals surface area (Å²) in [4.78, 5) is 2.76. The molecule has 0 N–H and O–H groups in total. The van der Waals surface area contributed by atoms with Gasteiger partial charge < -0.3 is 4.90 Å². The molecule has 2 fully saturated rings. The van der Waals surface area contributed by atoms with Gasteiger partial charge in [0.1, 0.15) is 0 Å². The molecule has 2 bridgehead atoms. The van der Waals surface area contributed by atoms with Crippen LogP contribution < -0.4 is 0 Å². The SMILES string of the molecule is C1=C2C=CC=CC=1C1(CC2)CCN(CC2CCCCC2)CC1. The molecule has 0 atom stereocenters. The standard InChI is InChI=1S/C21H29N/c1-2-7-19(8-3-1)17-22-14-12-21(13-15-22)11-10-18-6-4-5-9-20(21)16-18/h4-6,9,19H,1-3,7-8,10-15,17H2. The lowest BCUT2D eigenvalue weighted by Crippen LogP contribution is -2.43. The first kappa shape index (κ1) is 14.5. The van der Waals surface area contributed by atoms with Crippen molar-refractivity contribution in [3.05, 3.63) is 41.2 Å². The first-order valence-electron chi connectivity index (χ1n) is 9.41. The maximum Gasteiger partial charge on any atom is 0.00540 e. The molecule has 1 nitrogen and oxygen atoms in total. The molecular formula is C21H29N. The highest BCUT2D eigenvalue weighted by Crippen LogP contribution is 2.47. The molecule has 1 spiro atoms. The first-order valence-corrected chi connectivity index (χ1v) is 9.41. The fraction of sp³-hybridized carbons (Fsp3) is 0.667. The summed E-state index contributed by atoms with van der Waals surface area (Å²) in [6.45, 7) is 3.98. The number of likely N-dealkylation sites (tertiary alicyclic amines) is 1. The van der Waals surface area contributed by atoms with Gasteiger partial charge in [0.2, 0.25) is 0 Å². The molecule has 0 amide bonds.